The van der Waals surface area contributed by atoms with E-state index in [0.29, 0.717) is 18.1 Å². The molecule has 5 nitrogen and oxygen atoms in total. The van der Waals surface area contributed by atoms with Gasteiger partial charge in [-0.15, -0.1) is 0 Å². The van der Waals surface area contributed by atoms with Gasteiger partial charge in [-0.3, -0.25) is 4.79 Å². The molecule has 0 bridgehead atoms. The molecule has 0 fully saturated rings. The van der Waals surface area contributed by atoms with Gasteiger partial charge in [0.25, 0.3) is 5.91 Å². The third-order valence-electron chi connectivity index (χ3n) is 3.98. The van der Waals surface area contributed by atoms with Gasteiger partial charge in [-0.2, -0.15) is 0 Å². The van der Waals surface area contributed by atoms with E-state index in [0.717, 1.165) is 16.8 Å². The number of benzene rings is 2. The van der Waals surface area contributed by atoms with Crippen LogP contribution in [0.4, 0.5) is 11.5 Å². The summed E-state index contributed by atoms with van der Waals surface area (Å²) in [6.07, 6.45) is 1.39. The second-order valence-corrected chi connectivity index (χ2v) is 5.88. The SMILES string of the molecule is Cc1ccc(NC(=O)c2cc(NCc3ccccc3)ncn2)cc1C. The number of hydrogen-bond donors (Lipinski definition) is 2. The van der Waals surface area contributed by atoms with Crippen LogP contribution in [0.1, 0.15) is 27.2 Å². The van der Waals surface area contributed by atoms with Crippen LogP contribution in [0.15, 0.2) is 60.9 Å². The van der Waals surface area contributed by atoms with E-state index in [2.05, 4.69) is 20.6 Å². The van der Waals surface area contributed by atoms with Crippen LogP contribution in [0, 0.1) is 13.8 Å². The van der Waals surface area contributed by atoms with Crippen LogP contribution in [0.25, 0.3) is 0 Å². The van der Waals surface area contributed by atoms with E-state index in [1.165, 1.54) is 11.9 Å². The Morgan fingerprint density at radius 1 is 0.960 bits per heavy atom. The van der Waals surface area contributed by atoms with Crippen LogP contribution in [0.3, 0.4) is 0 Å². The van der Waals surface area contributed by atoms with Crippen molar-refractivity contribution in [2.24, 2.45) is 0 Å². The van der Waals surface area contributed by atoms with E-state index < -0.39 is 0 Å². The maximum atomic E-state index is 12.4. The molecule has 1 aromatic heterocycles. The number of carbonyl (C=O) groups is 1. The van der Waals surface area contributed by atoms with Crippen molar-refractivity contribution in [2.75, 3.05) is 10.6 Å². The number of rotatable bonds is 5. The molecule has 0 unspecified atom stereocenters. The van der Waals surface area contributed by atoms with Crippen molar-refractivity contribution in [3.63, 3.8) is 0 Å². The third kappa shape index (κ3) is 4.41. The minimum absolute atomic E-state index is 0.256. The van der Waals surface area contributed by atoms with Gasteiger partial charge in [-0.1, -0.05) is 36.4 Å². The molecule has 25 heavy (non-hydrogen) atoms. The molecule has 0 saturated carbocycles. The zero-order valence-electron chi connectivity index (χ0n) is 14.3. The monoisotopic (exact) mass is 332 g/mol. The van der Waals surface area contributed by atoms with E-state index in [-0.39, 0.29) is 5.91 Å². The Morgan fingerprint density at radius 3 is 2.52 bits per heavy atom. The average molecular weight is 332 g/mol. The van der Waals surface area contributed by atoms with Crippen LogP contribution >= 0.6 is 0 Å². The Morgan fingerprint density at radius 2 is 1.76 bits per heavy atom. The maximum Gasteiger partial charge on any atom is 0.274 e. The van der Waals surface area contributed by atoms with Gasteiger partial charge < -0.3 is 10.6 Å². The Balaban J connectivity index is 1.67. The molecule has 1 amide bonds. The average Bonchev–Trinajstić information content (AvgIpc) is 2.64. The standard InChI is InChI=1S/C20H20N4O/c1-14-8-9-17(10-15(14)2)24-20(25)18-11-19(23-13-22-18)21-12-16-6-4-3-5-7-16/h3-11,13H,12H2,1-2H3,(H,24,25)(H,21,22,23). The Labute approximate surface area is 147 Å². The number of nitrogens with one attached hydrogen (secondary N) is 2. The highest BCUT2D eigenvalue weighted by atomic mass is 16.1. The second-order valence-electron chi connectivity index (χ2n) is 5.88. The van der Waals surface area contributed by atoms with Crippen molar-refractivity contribution in [2.45, 2.75) is 20.4 Å². The van der Waals surface area contributed by atoms with Crippen molar-refractivity contribution >= 4 is 17.4 Å². The number of carbonyl (C=O) groups excluding carboxylic acids is 1. The normalized spacial score (nSPS) is 10.3. The van der Waals surface area contributed by atoms with Crippen molar-refractivity contribution in [1.82, 2.24) is 9.97 Å². The predicted octanol–water partition coefficient (Wildman–Crippen LogP) is 3.96. The van der Waals surface area contributed by atoms with E-state index >= 15 is 0 Å². The van der Waals surface area contributed by atoms with Gasteiger partial charge in [0.1, 0.15) is 17.8 Å². The molecule has 1 heterocycles. The summed E-state index contributed by atoms with van der Waals surface area (Å²) in [5.41, 5.74) is 4.54. The molecule has 3 aromatic rings. The largest absolute Gasteiger partial charge is 0.366 e. The van der Waals surface area contributed by atoms with Crippen LogP contribution in [-0.2, 0) is 6.54 Å². The summed E-state index contributed by atoms with van der Waals surface area (Å²) in [6, 6.07) is 17.5. The van der Waals surface area contributed by atoms with Crippen LogP contribution in [0.2, 0.25) is 0 Å². The molecule has 0 spiro atoms. The lowest BCUT2D eigenvalue weighted by molar-refractivity contribution is 0.102. The number of nitrogens with zero attached hydrogens (tertiary/aromatic N) is 2. The number of anilines is 2. The lowest BCUT2D eigenvalue weighted by Gasteiger charge is -2.09. The molecule has 0 radical (unpaired) electrons. The molecular weight excluding hydrogens is 312 g/mol. The van der Waals surface area contributed by atoms with E-state index in [9.17, 15) is 4.79 Å². The molecule has 0 saturated heterocycles. The molecule has 2 aromatic carbocycles. The number of hydrogen-bond acceptors (Lipinski definition) is 4. The van der Waals surface area contributed by atoms with Gasteiger partial charge in [0.05, 0.1) is 0 Å². The van der Waals surface area contributed by atoms with Crippen molar-refractivity contribution in [3.8, 4) is 0 Å². The van der Waals surface area contributed by atoms with Gasteiger partial charge in [-0.25, -0.2) is 9.97 Å². The van der Waals surface area contributed by atoms with E-state index in [1.54, 1.807) is 6.07 Å². The lowest BCUT2D eigenvalue weighted by atomic mass is 10.1. The first-order valence-corrected chi connectivity index (χ1v) is 8.10. The second kappa shape index (κ2) is 7.57. The van der Waals surface area contributed by atoms with Gasteiger partial charge in [0.15, 0.2) is 0 Å². The van der Waals surface area contributed by atoms with Crippen LogP contribution in [0.5, 0.6) is 0 Å². The highest BCUT2D eigenvalue weighted by Crippen LogP contribution is 2.15. The molecule has 3 rings (SSSR count). The number of amides is 1. The van der Waals surface area contributed by atoms with Gasteiger partial charge in [0, 0.05) is 18.3 Å². The zero-order valence-corrected chi connectivity index (χ0v) is 14.3. The summed E-state index contributed by atoms with van der Waals surface area (Å²) in [4.78, 5) is 20.6. The summed E-state index contributed by atoms with van der Waals surface area (Å²) in [5, 5.41) is 6.08. The van der Waals surface area contributed by atoms with Crippen LogP contribution in [-0.4, -0.2) is 15.9 Å². The minimum Gasteiger partial charge on any atom is -0.366 e. The first-order valence-electron chi connectivity index (χ1n) is 8.10. The summed E-state index contributed by atoms with van der Waals surface area (Å²) in [5.74, 6) is 0.359. The molecule has 0 aliphatic heterocycles. The fourth-order valence-electron chi connectivity index (χ4n) is 2.38. The molecule has 0 aliphatic carbocycles. The Hall–Kier alpha value is -3.21. The van der Waals surface area contributed by atoms with Gasteiger partial charge >= 0.3 is 0 Å². The van der Waals surface area contributed by atoms with Crippen molar-refractivity contribution < 1.29 is 4.79 Å². The third-order valence-corrected chi connectivity index (χ3v) is 3.98. The molecule has 0 aliphatic rings. The predicted molar refractivity (Wildman–Crippen MR) is 99.7 cm³/mol. The fourth-order valence-corrected chi connectivity index (χ4v) is 2.38. The summed E-state index contributed by atoms with van der Waals surface area (Å²) >= 11 is 0. The van der Waals surface area contributed by atoms with Crippen molar-refractivity contribution in [1.29, 1.82) is 0 Å². The van der Waals surface area contributed by atoms with E-state index in [1.807, 2.05) is 62.4 Å². The molecule has 2 N–H and O–H groups in total. The smallest absolute Gasteiger partial charge is 0.274 e. The van der Waals surface area contributed by atoms with Crippen LogP contribution < -0.4 is 10.6 Å². The maximum absolute atomic E-state index is 12.4. The summed E-state index contributed by atoms with van der Waals surface area (Å²) in [7, 11) is 0. The highest BCUT2D eigenvalue weighted by Gasteiger charge is 2.09. The first kappa shape index (κ1) is 16.6. The van der Waals surface area contributed by atoms with Crippen molar-refractivity contribution in [3.05, 3.63) is 83.3 Å². The summed E-state index contributed by atoms with van der Waals surface area (Å²) < 4.78 is 0. The zero-order chi connectivity index (χ0) is 17.6. The summed E-state index contributed by atoms with van der Waals surface area (Å²) in [6.45, 7) is 4.69. The quantitative estimate of drug-likeness (QED) is 0.742. The molecule has 5 heteroatoms. The van der Waals surface area contributed by atoms with Gasteiger partial charge in [0.2, 0.25) is 0 Å². The van der Waals surface area contributed by atoms with Gasteiger partial charge in [-0.05, 0) is 42.7 Å². The topological polar surface area (TPSA) is 66.9 Å². The number of aromatic nitrogens is 2. The fraction of sp³-hybridized carbons (Fsp3) is 0.150. The Kier molecular flexibility index (Phi) is 5.04. The van der Waals surface area contributed by atoms with E-state index in [4.69, 9.17) is 0 Å². The lowest BCUT2D eigenvalue weighted by Crippen LogP contribution is -2.15. The highest BCUT2D eigenvalue weighted by molar-refractivity contribution is 6.03. The molecule has 126 valence electrons. The molecule has 0 atom stereocenters. The molecular formula is C20H20N4O. The number of aryl methyl sites for hydroxylation is 2. The first-order chi connectivity index (χ1) is 12.1. The Bertz CT molecular complexity index is 878. The minimum atomic E-state index is -0.256.